The molecule has 4 aromatic rings. The molecule has 1 N–H and O–H groups in total. The number of amides is 2. The number of carbonyl (C=O) groups excluding carboxylic acids is 2. The molecule has 0 saturated heterocycles. The van der Waals surface area contributed by atoms with E-state index in [1.165, 1.54) is 17.0 Å². The van der Waals surface area contributed by atoms with Gasteiger partial charge in [0.15, 0.2) is 0 Å². The van der Waals surface area contributed by atoms with Crippen LogP contribution in [0, 0.1) is 0 Å². The fraction of sp³-hybridized carbons (Fsp3) is 0.235. The van der Waals surface area contributed by atoms with E-state index in [0.29, 0.717) is 5.69 Å². The van der Waals surface area contributed by atoms with Gasteiger partial charge in [-0.05, 0) is 60.9 Å². The molecule has 2 amide bonds. The average Bonchev–Trinajstić information content (AvgIpc) is 3.03. The van der Waals surface area contributed by atoms with Gasteiger partial charge in [-0.25, -0.2) is 8.42 Å². The van der Waals surface area contributed by atoms with Crippen molar-refractivity contribution in [2.24, 2.45) is 0 Å². The zero-order chi connectivity index (χ0) is 30.8. The highest BCUT2D eigenvalue weighted by molar-refractivity contribution is 9.10. The molecule has 0 unspecified atom stereocenters. The fourth-order valence-corrected chi connectivity index (χ4v) is 6.33. The first-order valence-electron chi connectivity index (χ1n) is 14.2. The van der Waals surface area contributed by atoms with Gasteiger partial charge < -0.3 is 10.2 Å². The molecule has 0 aliphatic rings. The molecule has 0 saturated carbocycles. The third-order valence-electron chi connectivity index (χ3n) is 7.19. The predicted molar refractivity (Wildman–Crippen MR) is 174 cm³/mol. The van der Waals surface area contributed by atoms with Crippen LogP contribution in [0.3, 0.4) is 0 Å². The second kappa shape index (κ2) is 15.0. The number of rotatable bonds is 13. The fourth-order valence-electron chi connectivity index (χ4n) is 4.63. The highest BCUT2D eigenvalue weighted by Crippen LogP contribution is 2.26. The number of nitrogens with zero attached hydrogens (tertiary/aromatic N) is 2. The van der Waals surface area contributed by atoms with Gasteiger partial charge in [0.1, 0.15) is 12.6 Å². The molecule has 0 aliphatic heterocycles. The SMILES string of the molecule is CC[C@H](C)NC(=O)[C@@H](Cc1ccccc1)N(Cc1ccccc1)C(=O)CN(c1ccc(Br)cc1)S(=O)(=O)c1ccccc1. The van der Waals surface area contributed by atoms with Crippen molar-refractivity contribution >= 4 is 43.5 Å². The van der Waals surface area contributed by atoms with Crippen molar-refractivity contribution in [2.75, 3.05) is 10.8 Å². The summed E-state index contributed by atoms with van der Waals surface area (Å²) in [5.41, 5.74) is 2.05. The average molecular weight is 663 g/mol. The monoisotopic (exact) mass is 661 g/mol. The van der Waals surface area contributed by atoms with E-state index in [2.05, 4.69) is 21.2 Å². The van der Waals surface area contributed by atoms with Gasteiger partial charge in [0.25, 0.3) is 10.0 Å². The highest BCUT2D eigenvalue weighted by Gasteiger charge is 2.34. The number of hydrogen-bond acceptors (Lipinski definition) is 4. The summed E-state index contributed by atoms with van der Waals surface area (Å²) in [5.74, 6) is -0.782. The van der Waals surface area contributed by atoms with Gasteiger partial charge in [0.2, 0.25) is 11.8 Å². The summed E-state index contributed by atoms with van der Waals surface area (Å²) in [7, 11) is -4.13. The smallest absolute Gasteiger partial charge is 0.264 e. The molecule has 4 rings (SSSR count). The molecule has 0 radical (unpaired) electrons. The molecule has 9 heteroatoms. The number of anilines is 1. The van der Waals surface area contributed by atoms with Crippen LogP contribution in [0.15, 0.2) is 125 Å². The van der Waals surface area contributed by atoms with Crippen molar-refractivity contribution in [3.63, 3.8) is 0 Å². The second-order valence-electron chi connectivity index (χ2n) is 10.3. The predicted octanol–water partition coefficient (Wildman–Crippen LogP) is 6.20. The number of hydrogen-bond donors (Lipinski definition) is 1. The van der Waals surface area contributed by atoms with Crippen LogP contribution in [0.5, 0.6) is 0 Å². The van der Waals surface area contributed by atoms with Crippen molar-refractivity contribution in [3.8, 4) is 0 Å². The molecule has 7 nitrogen and oxygen atoms in total. The number of halogens is 1. The Kier molecular flexibility index (Phi) is 11.1. The Morgan fingerprint density at radius 3 is 1.88 bits per heavy atom. The first-order chi connectivity index (χ1) is 20.7. The van der Waals surface area contributed by atoms with Crippen molar-refractivity contribution in [3.05, 3.63) is 131 Å². The minimum Gasteiger partial charge on any atom is -0.352 e. The summed E-state index contributed by atoms with van der Waals surface area (Å²) in [6, 6.07) is 32.7. The summed E-state index contributed by atoms with van der Waals surface area (Å²) in [4.78, 5) is 29.8. The molecule has 0 fully saturated rings. The molecule has 0 aliphatic carbocycles. The van der Waals surface area contributed by atoms with Crippen LogP contribution >= 0.6 is 15.9 Å². The van der Waals surface area contributed by atoms with Crippen molar-refractivity contribution in [2.45, 2.75) is 50.2 Å². The minimum atomic E-state index is -4.13. The lowest BCUT2D eigenvalue weighted by molar-refractivity contribution is -0.140. The maximum atomic E-state index is 14.4. The van der Waals surface area contributed by atoms with Crippen LogP contribution < -0.4 is 9.62 Å². The Bertz CT molecular complexity index is 1590. The van der Waals surface area contributed by atoms with Crippen LogP contribution in [0.4, 0.5) is 5.69 Å². The lowest BCUT2D eigenvalue weighted by atomic mass is 10.0. The molecule has 0 spiro atoms. The van der Waals surface area contributed by atoms with E-state index in [1.54, 1.807) is 42.5 Å². The summed E-state index contributed by atoms with van der Waals surface area (Å²) in [5, 5.41) is 3.05. The molecular formula is C34H36BrN3O4S. The quantitative estimate of drug-likeness (QED) is 0.185. The standard InChI is InChI=1S/C34H36BrN3O4S/c1-3-26(2)36-34(40)32(23-27-13-7-4-8-14-27)37(24-28-15-9-5-10-16-28)33(39)25-38(30-21-19-29(35)20-22-30)43(41,42)31-17-11-6-12-18-31/h4-22,26,32H,3,23-25H2,1-2H3,(H,36,40)/t26-,32+/m0/s1. The Morgan fingerprint density at radius 1 is 0.791 bits per heavy atom. The van der Waals surface area contributed by atoms with Crippen LogP contribution in [0.1, 0.15) is 31.4 Å². The van der Waals surface area contributed by atoms with Gasteiger partial charge >= 0.3 is 0 Å². The second-order valence-corrected chi connectivity index (χ2v) is 13.1. The maximum absolute atomic E-state index is 14.4. The van der Waals surface area contributed by atoms with Gasteiger partial charge in [-0.3, -0.25) is 13.9 Å². The zero-order valence-electron chi connectivity index (χ0n) is 24.3. The largest absolute Gasteiger partial charge is 0.352 e. The van der Waals surface area contributed by atoms with E-state index >= 15 is 0 Å². The van der Waals surface area contributed by atoms with Gasteiger partial charge in [-0.2, -0.15) is 0 Å². The van der Waals surface area contributed by atoms with E-state index in [9.17, 15) is 18.0 Å². The van der Waals surface area contributed by atoms with Crippen LogP contribution in [0.2, 0.25) is 0 Å². The molecule has 43 heavy (non-hydrogen) atoms. The Morgan fingerprint density at radius 2 is 1.33 bits per heavy atom. The maximum Gasteiger partial charge on any atom is 0.264 e. The van der Waals surface area contributed by atoms with Crippen molar-refractivity contribution in [1.29, 1.82) is 0 Å². The van der Waals surface area contributed by atoms with Gasteiger partial charge in [-0.1, -0.05) is 102 Å². The number of carbonyl (C=O) groups is 2. The summed E-state index contributed by atoms with van der Waals surface area (Å²) in [6.45, 7) is 3.54. The first-order valence-corrected chi connectivity index (χ1v) is 16.4. The molecule has 0 heterocycles. The van der Waals surface area contributed by atoms with E-state index in [1.807, 2.05) is 74.5 Å². The molecule has 4 aromatic carbocycles. The zero-order valence-corrected chi connectivity index (χ0v) is 26.7. The van der Waals surface area contributed by atoms with Crippen molar-refractivity contribution < 1.29 is 18.0 Å². The Labute approximate surface area is 262 Å². The van der Waals surface area contributed by atoms with E-state index in [4.69, 9.17) is 0 Å². The van der Waals surface area contributed by atoms with Gasteiger partial charge in [-0.15, -0.1) is 0 Å². The molecule has 0 aromatic heterocycles. The first kappa shape index (κ1) is 32.0. The lowest BCUT2D eigenvalue weighted by Crippen LogP contribution is -2.54. The van der Waals surface area contributed by atoms with Gasteiger partial charge in [0, 0.05) is 23.5 Å². The van der Waals surface area contributed by atoms with E-state index in [-0.39, 0.29) is 29.8 Å². The number of nitrogens with one attached hydrogen (secondary N) is 1. The normalized spacial score (nSPS) is 12.6. The number of sulfonamides is 1. The summed E-state index contributed by atoms with van der Waals surface area (Å²) in [6.07, 6.45) is 0.995. The van der Waals surface area contributed by atoms with Gasteiger partial charge in [0.05, 0.1) is 10.6 Å². The summed E-state index contributed by atoms with van der Waals surface area (Å²) < 4.78 is 29.8. The third kappa shape index (κ3) is 8.55. The van der Waals surface area contributed by atoms with Crippen LogP contribution in [0.25, 0.3) is 0 Å². The molecule has 2 atom stereocenters. The van der Waals surface area contributed by atoms with Crippen LogP contribution in [-0.2, 0) is 32.6 Å². The lowest BCUT2D eigenvalue weighted by Gasteiger charge is -2.34. The van der Waals surface area contributed by atoms with Crippen LogP contribution in [-0.4, -0.2) is 43.8 Å². The number of benzene rings is 4. The Hall–Kier alpha value is -3.95. The molecule has 224 valence electrons. The topological polar surface area (TPSA) is 86.8 Å². The third-order valence-corrected chi connectivity index (χ3v) is 9.51. The highest BCUT2D eigenvalue weighted by atomic mass is 79.9. The van der Waals surface area contributed by atoms with E-state index in [0.717, 1.165) is 26.3 Å². The van der Waals surface area contributed by atoms with E-state index < -0.39 is 28.5 Å². The Balaban J connectivity index is 1.78. The molecular weight excluding hydrogens is 626 g/mol. The summed E-state index contributed by atoms with van der Waals surface area (Å²) >= 11 is 3.41. The van der Waals surface area contributed by atoms with Crippen molar-refractivity contribution in [1.82, 2.24) is 10.2 Å². The molecule has 0 bridgehead atoms. The minimum absolute atomic E-state index is 0.0654.